The maximum Gasteiger partial charge on any atom is 0.277 e. The predicted molar refractivity (Wildman–Crippen MR) is 113 cm³/mol. The van der Waals surface area contributed by atoms with Crippen molar-refractivity contribution in [1.29, 1.82) is 0 Å². The van der Waals surface area contributed by atoms with Gasteiger partial charge in [-0.2, -0.15) is 0 Å². The van der Waals surface area contributed by atoms with Gasteiger partial charge in [-0.25, -0.2) is 0 Å². The molecule has 7 heteroatoms. The summed E-state index contributed by atoms with van der Waals surface area (Å²) in [4.78, 5) is 17.2. The number of piperazine rings is 1. The molecule has 0 N–H and O–H groups in total. The molecule has 0 spiro atoms. The van der Waals surface area contributed by atoms with Crippen LogP contribution in [0.25, 0.3) is 11.5 Å². The van der Waals surface area contributed by atoms with Crippen LogP contribution in [0.15, 0.2) is 70.3 Å². The van der Waals surface area contributed by atoms with Gasteiger partial charge in [0.1, 0.15) is 0 Å². The van der Waals surface area contributed by atoms with Gasteiger partial charge in [0.25, 0.3) is 5.22 Å². The van der Waals surface area contributed by atoms with Gasteiger partial charge in [-0.15, -0.1) is 10.2 Å². The van der Waals surface area contributed by atoms with E-state index in [1.165, 1.54) is 17.3 Å². The minimum absolute atomic E-state index is 0.119. The molecule has 1 atom stereocenters. The third-order valence-corrected chi connectivity index (χ3v) is 5.91. The number of aromatic nitrogens is 2. The summed E-state index contributed by atoms with van der Waals surface area (Å²) >= 11 is 1.32. The highest BCUT2D eigenvalue weighted by Gasteiger charge is 2.27. The summed E-state index contributed by atoms with van der Waals surface area (Å²) in [5.74, 6) is 0.594. The second kappa shape index (κ2) is 9.24. The van der Waals surface area contributed by atoms with Crippen molar-refractivity contribution >= 4 is 17.7 Å². The van der Waals surface area contributed by atoms with Crippen LogP contribution >= 0.6 is 11.8 Å². The quantitative estimate of drug-likeness (QED) is 0.581. The molecular weight excluding hydrogens is 384 g/mol. The lowest BCUT2D eigenvalue weighted by molar-refractivity contribution is -0.132. The van der Waals surface area contributed by atoms with Gasteiger partial charge in [-0.3, -0.25) is 9.69 Å². The van der Waals surface area contributed by atoms with Crippen molar-refractivity contribution in [2.24, 2.45) is 0 Å². The van der Waals surface area contributed by atoms with E-state index in [0.29, 0.717) is 11.1 Å². The Labute approximate surface area is 174 Å². The molecule has 0 aliphatic carbocycles. The zero-order valence-electron chi connectivity index (χ0n) is 16.4. The van der Waals surface area contributed by atoms with Crippen LogP contribution in [0.2, 0.25) is 0 Å². The standard InChI is InChI=1S/C22H24N4O2S/c1-17(29-22-24-23-20(28-22)19-10-6-3-7-11-19)21(27)26-14-12-25(13-15-26)16-18-8-4-2-5-9-18/h2-11,17H,12-16H2,1H3/t17-/m1/s1. The van der Waals surface area contributed by atoms with E-state index in [1.807, 2.05) is 48.2 Å². The topological polar surface area (TPSA) is 62.5 Å². The molecule has 1 aromatic heterocycles. The zero-order valence-corrected chi connectivity index (χ0v) is 17.2. The fourth-order valence-corrected chi connectivity index (χ4v) is 4.15. The summed E-state index contributed by atoms with van der Waals surface area (Å²) in [5, 5.41) is 8.34. The van der Waals surface area contributed by atoms with E-state index in [4.69, 9.17) is 4.42 Å². The lowest BCUT2D eigenvalue weighted by Crippen LogP contribution is -2.50. The number of rotatable bonds is 6. The molecule has 0 bridgehead atoms. The molecular formula is C22H24N4O2S. The highest BCUT2D eigenvalue weighted by Crippen LogP contribution is 2.27. The van der Waals surface area contributed by atoms with E-state index in [9.17, 15) is 4.79 Å². The molecule has 1 aliphatic heterocycles. The molecule has 0 saturated carbocycles. The lowest BCUT2D eigenvalue weighted by Gasteiger charge is -2.35. The molecule has 1 fully saturated rings. The van der Waals surface area contributed by atoms with Gasteiger partial charge in [0.2, 0.25) is 11.8 Å². The highest BCUT2D eigenvalue weighted by atomic mass is 32.2. The van der Waals surface area contributed by atoms with Gasteiger partial charge in [0.05, 0.1) is 5.25 Å². The van der Waals surface area contributed by atoms with Crippen molar-refractivity contribution in [3.63, 3.8) is 0 Å². The molecule has 29 heavy (non-hydrogen) atoms. The van der Waals surface area contributed by atoms with E-state index < -0.39 is 0 Å². The fraction of sp³-hybridized carbons (Fsp3) is 0.318. The minimum atomic E-state index is -0.264. The monoisotopic (exact) mass is 408 g/mol. The Balaban J connectivity index is 1.28. The molecule has 1 saturated heterocycles. The van der Waals surface area contributed by atoms with E-state index in [1.54, 1.807) is 0 Å². The molecule has 2 aromatic carbocycles. The van der Waals surface area contributed by atoms with Crippen LogP contribution < -0.4 is 0 Å². The van der Waals surface area contributed by atoms with E-state index in [-0.39, 0.29) is 11.2 Å². The Morgan fingerprint density at radius 2 is 1.66 bits per heavy atom. The summed E-state index contributed by atoms with van der Waals surface area (Å²) in [6.45, 7) is 6.09. The summed E-state index contributed by atoms with van der Waals surface area (Å²) in [7, 11) is 0. The molecule has 4 rings (SSSR count). The zero-order chi connectivity index (χ0) is 20.1. The van der Waals surface area contributed by atoms with Crippen LogP contribution in [0.4, 0.5) is 0 Å². The average Bonchev–Trinajstić information content (AvgIpc) is 3.23. The first kappa shape index (κ1) is 19.7. The third kappa shape index (κ3) is 5.05. The molecule has 1 aliphatic rings. The molecule has 1 amide bonds. The maximum absolute atomic E-state index is 12.8. The largest absolute Gasteiger partial charge is 0.411 e. The second-order valence-electron chi connectivity index (χ2n) is 7.09. The van der Waals surface area contributed by atoms with Crippen molar-refractivity contribution in [2.75, 3.05) is 26.2 Å². The SMILES string of the molecule is C[C@@H](Sc1nnc(-c2ccccc2)o1)C(=O)N1CCN(Cc2ccccc2)CC1. The predicted octanol–water partition coefficient (Wildman–Crippen LogP) is 3.56. The molecule has 2 heterocycles. The smallest absolute Gasteiger partial charge is 0.277 e. The molecule has 0 radical (unpaired) electrons. The highest BCUT2D eigenvalue weighted by molar-refractivity contribution is 8.00. The first-order valence-electron chi connectivity index (χ1n) is 9.80. The summed E-state index contributed by atoms with van der Waals surface area (Å²) in [6.07, 6.45) is 0. The first-order valence-corrected chi connectivity index (χ1v) is 10.7. The van der Waals surface area contributed by atoms with Crippen LogP contribution in [0.1, 0.15) is 12.5 Å². The number of benzene rings is 2. The first-order chi connectivity index (χ1) is 14.2. The van der Waals surface area contributed by atoms with Crippen molar-refractivity contribution in [2.45, 2.75) is 23.9 Å². The van der Waals surface area contributed by atoms with Gasteiger partial charge < -0.3 is 9.32 Å². The summed E-state index contributed by atoms with van der Waals surface area (Å²) in [6, 6.07) is 20.1. The van der Waals surface area contributed by atoms with Crippen molar-refractivity contribution in [1.82, 2.24) is 20.0 Å². The van der Waals surface area contributed by atoms with Crippen molar-refractivity contribution in [3.05, 3.63) is 66.2 Å². The van der Waals surface area contributed by atoms with Crippen LogP contribution in [0.3, 0.4) is 0 Å². The van der Waals surface area contributed by atoms with Crippen molar-refractivity contribution in [3.8, 4) is 11.5 Å². The lowest BCUT2D eigenvalue weighted by atomic mass is 10.2. The van der Waals surface area contributed by atoms with Crippen LogP contribution in [-0.4, -0.2) is 57.3 Å². The maximum atomic E-state index is 12.8. The van der Waals surface area contributed by atoms with Crippen LogP contribution in [-0.2, 0) is 11.3 Å². The average molecular weight is 409 g/mol. The molecule has 3 aromatic rings. The molecule has 0 unspecified atom stereocenters. The Morgan fingerprint density at radius 1 is 1.00 bits per heavy atom. The van der Waals surface area contributed by atoms with Gasteiger partial charge in [0, 0.05) is 38.3 Å². The Morgan fingerprint density at radius 3 is 2.34 bits per heavy atom. The van der Waals surface area contributed by atoms with Gasteiger partial charge in [0.15, 0.2) is 0 Å². The number of hydrogen-bond donors (Lipinski definition) is 0. The van der Waals surface area contributed by atoms with Gasteiger partial charge in [-0.05, 0) is 24.6 Å². The minimum Gasteiger partial charge on any atom is -0.411 e. The fourth-order valence-electron chi connectivity index (χ4n) is 3.38. The van der Waals surface area contributed by atoms with Gasteiger partial charge in [-0.1, -0.05) is 60.3 Å². The number of thioether (sulfide) groups is 1. The normalized spacial score (nSPS) is 16.0. The van der Waals surface area contributed by atoms with Crippen molar-refractivity contribution < 1.29 is 9.21 Å². The molecule has 150 valence electrons. The number of carbonyl (C=O) groups excluding carboxylic acids is 1. The van der Waals surface area contributed by atoms with E-state index >= 15 is 0 Å². The summed E-state index contributed by atoms with van der Waals surface area (Å²) < 4.78 is 5.72. The number of carbonyl (C=O) groups is 1. The Kier molecular flexibility index (Phi) is 6.27. The van der Waals surface area contributed by atoms with Gasteiger partial charge >= 0.3 is 0 Å². The van der Waals surface area contributed by atoms with Crippen LogP contribution in [0, 0.1) is 0 Å². The number of amides is 1. The summed E-state index contributed by atoms with van der Waals surface area (Å²) in [5.41, 5.74) is 2.18. The number of hydrogen-bond acceptors (Lipinski definition) is 6. The third-order valence-electron chi connectivity index (χ3n) is 4.99. The second-order valence-corrected chi connectivity index (χ2v) is 8.38. The Hall–Kier alpha value is -2.64. The van der Waals surface area contributed by atoms with E-state index in [2.05, 4.69) is 39.4 Å². The number of nitrogens with zero attached hydrogens (tertiary/aromatic N) is 4. The van der Waals surface area contributed by atoms with E-state index in [0.717, 1.165) is 38.3 Å². The Bertz CT molecular complexity index is 924. The molecule has 6 nitrogen and oxygen atoms in total. The van der Waals surface area contributed by atoms with Crippen LogP contribution in [0.5, 0.6) is 0 Å².